The molecule has 2 heterocycles. The SMILES string of the molecule is Nc1ccc(-c2nc3c(F)cccc3n2C2CC2)nc1. The Labute approximate surface area is 115 Å². The standard InChI is InChI=1S/C15H13FN4/c16-11-2-1-3-13-14(11)19-15(20(13)10-5-6-10)12-7-4-9(17)8-18-12/h1-4,7-8,10H,5-6,17H2. The second-order valence-corrected chi connectivity index (χ2v) is 5.12. The van der Waals surface area contributed by atoms with Crippen LogP contribution < -0.4 is 5.73 Å². The molecule has 0 saturated heterocycles. The zero-order valence-corrected chi connectivity index (χ0v) is 10.8. The van der Waals surface area contributed by atoms with Gasteiger partial charge in [-0.05, 0) is 37.1 Å². The molecule has 20 heavy (non-hydrogen) atoms. The lowest BCUT2D eigenvalue weighted by molar-refractivity contribution is 0.637. The van der Waals surface area contributed by atoms with E-state index in [0.717, 1.165) is 24.1 Å². The third-order valence-corrected chi connectivity index (χ3v) is 3.60. The number of nitrogens with two attached hydrogens (primary N) is 1. The van der Waals surface area contributed by atoms with Crippen molar-refractivity contribution in [2.75, 3.05) is 5.73 Å². The minimum Gasteiger partial charge on any atom is -0.397 e. The number of pyridine rings is 1. The van der Waals surface area contributed by atoms with Crippen LogP contribution in [0.2, 0.25) is 0 Å². The van der Waals surface area contributed by atoms with Crippen LogP contribution in [-0.4, -0.2) is 14.5 Å². The van der Waals surface area contributed by atoms with Gasteiger partial charge in [-0.25, -0.2) is 9.37 Å². The number of rotatable bonds is 2. The molecule has 0 spiro atoms. The van der Waals surface area contributed by atoms with E-state index in [2.05, 4.69) is 14.5 Å². The Hall–Kier alpha value is -2.43. The molecule has 1 fully saturated rings. The summed E-state index contributed by atoms with van der Waals surface area (Å²) in [5, 5.41) is 0. The van der Waals surface area contributed by atoms with Gasteiger partial charge in [-0.1, -0.05) is 6.07 Å². The van der Waals surface area contributed by atoms with Gasteiger partial charge in [-0.3, -0.25) is 4.98 Å². The minimum absolute atomic E-state index is 0.293. The van der Waals surface area contributed by atoms with Gasteiger partial charge in [0.15, 0.2) is 11.6 Å². The van der Waals surface area contributed by atoms with Crippen LogP contribution in [0.1, 0.15) is 18.9 Å². The lowest BCUT2D eigenvalue weighted by atomic mass is 10.3. The highest BCUT2D eigenvalue weighted by Gasteiger charge is 2.29. The third-order valence-electron chi connectivity index (χ3n) is 3.60. The Morgan fingerprint density at radius 2 is 2.05 bits per heavy atom. The first-order chi connectivity index (χ1) is 9.74. The summed E-state index contributed by atoms with van der Waals surface area (Å²) in [7, 11) is 0. The van der Waals surface area contributed by atoms with Crippen molar-refractivity contribution < 1.29 is 4.39 Å². The van der Waals surface area contributed by atoms with E-state index >= 15 is 0 Å². The molecule has 1 aliphatic carbocycles. The van der Waals surface area contributed by atoms with Gasteiger partial charge in [-0.15, -0.1) is 0 Å². The average molecular weight is 268 g/mol. The summed E-state index contributed by atoms with van der Waals surface area (Å²) in [5.74, 6) is 0.422. The van der Waals surface area contributed by atoms with Crippen LogP contribution in [0.15, 0.2) is 36.5 Å². The van der Waals surface area contributed by atoms with Crippen molar-refractivity contribution in [1.82, 2.24) is 14.5 Å². The van der Waals surface area contributed by atoms with Crippen molar-refractivity contribution in [3.05, 3.63) is 42.3 Å². The molecule has 4 nitrogen and oxygen atoms in total. The fraction of sp³-hybridized carbons (Fsp3) is 0.200. The monoisotopic (exact) mass is 268 g/mol. The van der Waals surface area contributed by atoms with Gasteiger partial charge < -0.3 is 10.3 Å². The number of imidazole rings is 1. The van der Waals surface area contributed by atoms with Crippen molar-refractivity contribution in [2.45, 2.75) is 18.9 Å². The molecule has 0 amide bonds. The van der Waals surface area contributed by atoms with Gasteiger partial charge in [-0.2, -0.15) is 0 Å². The Morgan fingerprint density at radius 1 is 1.20 bits per heavy atom. The van der Waals surface area contributed by atoms with Gasteiger partial charge in [0.1, 0.15) is 11.2 Å². The Kier molecular flexibility index (Phi) is 2.30. The van der Waals surface area contributed by atoms with Crippen LogP contribution in [0, 0.1) is 5.82 Å². The molecule has 2 N–H and O–H groups in total. The van der Waals surface area contributed by atoms with Crippen molar-refractivity contribution in [1.29, 1.82) is 0 Å². The fourth-order valence-corrected chi connectivity index (χ4v) is 2.50. The van der Waals surface area contributed by atoms with Crippen LogP contribution in [0.5, 0.6) is 0 Å². The van der Waals surface area contributed by atoms with E-state index in [9.17, 15) is 4.39 Å². The van der Waals surface area contributed by atoms with Crippen LogP contribution >= 0.6 is 0 Å². The summed E-state index contributed by atoms with van der Waals surface area (Å²) >= 11 is 0. The molecule has 1 aromatic carbocycles. The number of para-hydroxylation sites is 1. The number of hydrogen-bond donors (Lipinski definition) is 1. The number of aromatic nitrogens is 3. The van der Waals surface area contributed by atoms with Crippen LogP contribution in [0.25, 0.3) is 22.6 Å². The van der Waals surface area contributed by atoms with Crippen molar-refractivity contribution in [3.63, 3.8) is 0 Å². The maximum Gasteiger partial charge on any atom is 0.160 e. The molecular formula is C15H13FN4. The number of nitrogen functional groups attached to an aromatic ring is 1. The molecule has 1 saturated carbocycles. The van der Waals surface area contributed by atoms with Gasteiger partial charge in [0.2, 0.25) is 0 Å². The second-order valence-electron chi connectivity index (χ2n) is 5.12. The number of benzene rings is 1. The van der Waals surface area contributed by atoms with Crippen LogP contribution in [0.3, 0.4) is 0 Å². The summed E-state index contributed by atoms with van der Waals surface area (Å²) in [5.41, 5.74) is 8.24. The lowest BCUT2D eigenvalue weighted by Crippen LogP contribution is -1.99. The molecule has 5 heteroatoms. The summed E-state index contributed by atoms with van der Waals surface area (Å²) in [6.45, 7) is 0. The highest BCUT2D eigenvalue weighted by Crippen LogP contribution is 2.41. The van der Waals surface area contributed by atoms with Crippen molar-refractivity contribution >= 4 is 16.7 Å². The largest absolute Gasteiger partial charge is 0.397 e. The molecule has 2 aromatic heterocycles. The van der Waals surface area contributed by atoms with Crippen molar-refractivity contribution in [3.8, 4) is 11.5 Å². The topological polar surface area (TPSA) is 56.7 Å². The van der Waals surface area contributed by atoms with E-state index in [0.29, 0.717) is 23.1 Å². The summed E-state index contributed by atoms with van der Waals surface area (Å²) in [6, 6.07) is 9.08. The maximum absolute atomic E-state index is 13.9. The first kappa shape index (κ1) is 11.4. The molecule has 100 valence electrons. The molecule has 0 unspecified atom stereocenters. The first-order valence-electron chi connectivity index (χ1n) is 6.62. The van der Waals surface area contributed by atoms with E-state index in [4.69, 9.17) is 5.73 Å². The van der Waals surface area contributed by atoms with E-state index in [1.54, 1.807) is 18.3 Å². The Balaban J connectivity index is 2.00. The predicted octanol–water partition coefficient (Wildman–Crippen LogP) is 3.15. The minimum atomic E-state index is -0.293. The van der Waals surface area contributed by atoms with Gasteiger partial charge in [0.25, 0.3) is 0 Å². The Morgan fingerprint density at radius 3 is 2.75 bits per heavy atom. The summed E-state index contributed by atoms with van der Waals surface area (Å²) < 4.78 is 16.0. The van der Waals surface area contributed by atoms with Gasteiger partial charge >= 0.3 is 0 Å². The first-order valence-corrected chi connectivity index (χ1v) is 6.62. The molecule has 3 aromatic rings. The lowest BCUT2D eigenvalue weighted by Gasteiger charge is -2.07. The molecule has 0 bridgehead atoms. The number of halogens is 1. The molecule has 0 radical (unpaired) electrons. The fourth-order valence-electron chi connectivity index (χ4n) is 2.50. The summed E-state index contributed by atoms with van der Waals surface area (Å²) in [4.78, 5) is 8.77. The normalized spacial score (nSPS) is 14.8. The molecular weight excluding hydrogens is 255 g/mol. The van der Waals surface area contributed by atoms with Gasteiger partial charge in [0.05, 0.1) is 17.4 Å². The van der Waals surface area contributed by atoms with E-state index < -0.39 is 0 Å². The zero-order chi connectivity index (χ0) is 13.7. The highest BCUT2D eigenvalue weighted by molar-refractivity contribution is 5.81. The highest BCUT2D eigenvalue weighted by atomic mass is 19.1. The molecule has 0 aliphatic heterocycles. The number of fused-ring (bicyclic) bond motifs is 1. The summed E-state index contributed by atoms with van der Waals surface area (Å²) in [6.07, 6.45) is 3.80. The van der Waals surface area contributed by atoms with Gasteiger partial charge in [0, 0.05) is 6.04 Å². The number of anilines is 1. The zero-order valence-electron chi connectivity index (χ0n) is 10.8. The molecule has 0 atom stereocenters. The van der Waals surface area contributed by atoms with Crippen molar-refractivity contribution in [2.24, 2.45) is 0 Å². The van der Waals surface area contributed by atoms with Crippen LogP contribution in [-0.2, 0) is 0 Å². The maximum atomic E-state index is 13.9. The number of nitrogens with zero attached hydrogens (tertiary/aromatic N) is 3. The quantitative estimate of drug-likeness (QED) is 0.776. The van der Waals surface area contributed by atoms with E-state index in [-0.39, 0.29) is 5.82 Å². The predicted molar refractivity (Wildman–Crippen MR) is 75.6 cm³/mol. The third kappa shape index (κ3) is 1.66. The second kappa shape index (κ2) is 4.03. The van der Waals surface area contributed by atoms with E-state index in [1.807, 2.05) is 12.1 Å². The number of hydrogen-bond acceptors (Lipinski definition) is 3. The smallest absolute Gasteiger partial charge is 0.160 e. The van der Waals surface area contributed by atoms with Crippen LogP contribution in [0.4, 0.5) is 10.1 Å². The molecule has 1 aliphatic rings. The van der Waals surface area contributed by atoms with E-state index in [1.165, 1.54) is 6.07 Å². The molecule has 4 rings (SSSR count). The Bertz CT molecular complexity index is 787. The average Bonchev–Trinajstić information content (AvgIpc) is 3.21.